The minimum Gasteiger partial charge on any atom is -0.376 e. The van der Waals surface area contributed by atoms with Crippen molar-refractivity contribution in [3.05, 3.63) is 18.2 Å². The Kier molecular flexibility index (Phi) is 3.99. The standard InChI is InChI=1S/C13H17N5O3S/c1-22(19,20)17-3-9-8-21-12-7-18(6-11(9)12)10-4-15-13(2-14)16-5-10/h4-5,9,11-12,17H,3,6-8H2,1H3/t9-,11+,12+/m0/s1. The van der Waals surface area contributed by atoms with Crippen molar-refractivity contribution in [2.24, 2.45) is 11.8 Å². The van der Waals surface area contributed by atoms with Gasteiger partial charge in [-0.25, -0.2) is 23.1 Å². The van der Waals surface area contributed by atoms with E-state index in [4.69, 9.17) is 10.00 Å². The number of sulfonamides is 1. The molecule has 0 amide bonds. The van der Waals surface area contributed by atoms with Crippen LogP contribution in [0.5, 0.6) is 0 Å². The SMILES string of the molecule is CS(=O)(=O)NC[C@H]1CO[C@@H]2CN(c3cnc(C#N)nc3)C[C@H]12. The maximum atomic E-state index is 11.2. The van der Waals surface area contributed by atoms with Gasteiger partial charge in [0.05, 0.1) is 37.0 Å². The number of nitrogens with zero attached hydrogens (tertiary/aromatic N) is 4. The molecule has 0 radical (unpaired) electrons. The van der Waals surface area contributed by atoms with E-state index in [-0.39, 0.29) is 23.8 Å². The van der Waals surface area contributed by atoms with E-state index < -0.39 is 10.0 Å². The van der Waals surface area contributed by atoms with E-state index >= 15 is 0 Å². The van der Waals surface area contributed by atoms with Gasteiger partial charge in [0.1, 0.15) is 6.07 Å². The Labute approximate surface area is 129 Å². The molecule has 3 rings (SSSR count). The van der Waals surface area contributed by atoms with Crippen molar-refractivity contribution in [2.45, 2.75) is 6.10 Å². The van der Waals surface area contributed by atoms with Gasteiger partial charge in [-0.05, 0) is 0 Å². The molecule has 0 bridgehead atoms. The zero-order valence-corrected chi connectivity index (χ0v) is 13.0. The molecule has 2 aliphatic rings. The first-order valence-electron chi connectivity index (χ1n) is 6.99. The van der Waals surface area contributed by atoms with Gasteiger partial charge in [0.15, 0.2) is 0 Å². The second-order valence-electron chi connectivity index (χ2n) is 5.70. The minimum atomic E-state index is -3.18. The molecule has 3 atom stereocenters. The predicted molar refractivity (Wildman–Crippen MR) is 78.5 cm³/mol. The lowest BCUT2D eigenvalue weighted by molar-refractivity contribution is 0.111. The Hall–Kier alpha value is -1.76. The van der Waals surface area contributed by atoms with E-state index in [2.05, 4.69) is 19.6 Å². The van der Waals surface area contributed by atoms with Crippen LogP contribution in [-0.2, 0) is 14.8 Å². The van der Waals surface area contributed by atoms with Gasteiger partial charge in [-0.1, -0.05) is 0 Å². The summed E-state index contributed by atoms with van der Waals surface area (Å²) < 4.78 is 30.8. The van der Waals surface area contributed by atoms with E-state index in [1.165, 1.54) is 0 Å². The molecule has 1 N–H and O–H groups in total. The van der Waals surface area contributed by atoms with Crippen molar-refractivity contribution in [3.63, 3.8) is 0 Å². The second-order valence-corrected chi connectivity index (χ2v) is 7.53. The molecule has 0 saturated carbocycles. The van der Waals surface area contributed by atoms with E-state index in [1.54, 1.807) is 12.4 Å². The van der Waals surface area contributed by atoms with Crippen LogP contribution in [0.4, 0.5) is 5.69 Å². The van der Waals surface area contributed by atoms with Gasteiger partial charge in [-0.15, -0.1) is 0 Å². The van der Waals surface area contributed by atoms with Crippen LogP contribution in [0.25, 0.3) is 0 Å². The summed E-state index contributed by atoms with van der Waals surface area (Å²) in [5, 5.41) is 8.72. The monoisotopic (exact) mass is 323 g/mol. The average Bonchev–Trinajstić information content (AvgIpc) is 3.05. The lowest BCUT2D eigenvalue weighted by atomic mass is 9.93. The van der Waals surface area contributed by atoms with Crippen molar-refractivity contribution in [2.75, 3.05) is 37.4 Å². The van der Waals surface area contributed by atoms with Crippen molar-refractivity contribution in [1.82, 2.24) is 14.7 Å². The highest BCUT2D eigenvalue weighted by Gasteiger charge is 2.44. The number of nitriles is 1. The molecule has 0 aliphatic carbocycles. The molecule has 2 saturated heterocycles. The van der Waals surface area contributed by atoms with Crippen LogP contribution in [0.2, 0.25) is 0 Å². The van der Waals surface area contributed by atoms with Crippen molar-refractivity contribution in [1.29, 1.82) is 5.26 Å². The minimum absolute atomic E-state index is 0.0991. The number of nitrogens with one attached hydrogen (secondary N) is 1. The first-order chi connectivity index (χ1) is 10.5. The average molecular weight is 323 g/mol. The lowest BCUT2D eigenvalue weighted by Gasteiger charge is -2.20. The van der Waals surface area contributed by atoms with E-state index in [1.807, 2.05) is 6.07 Å². The highest BCUT2D eigenvalue weighted by molar-refractivity contribution is 7.88. The Morgan fingerprint density at radius 2 is 2.18 bits per heavy atom. The largest absolute Gasteiger partial charge is 0.376 e. The predicted octanol–water partition coefficient (Wildman–Crippen LogP) is -0.651. The molecule has 0 aromatic carbocycles. The normalized spacial score (nSPS) is 27.6. The van der Waals surface area contributed by atoms with Crippen molar-refractivity contribution < 1.29 is 13.2 Å². The Morgan fingerprint density at radius 1 is 1.45 bits per heavy atom. The second kappa shape index (κ2) is 5.79. The summed E-state index contributed by atoms with van der Waals surface area (Å²) in [5.41, 5.74) is 0.854. The zero-order valence-electron chi connectivity index (χ0n) is 12.1. The fraction of sp³-hybridized carbons (Fsp3) is 0.615. The van der Waals surface area contributed by atoms with Crippen LogP contribution in [0.1, 0.15) is 5.82 Å². The zero-order chi connectivity index (χ0) is 15.7. The molecule has 3 heterocycles. The molecular weight excluding hydrogens is 306 g/mol. The Morgan fingerprint density at radius 3 is 2.82 bits per heavy atom. The van der Waals surface area contributed by atoms with Gasteiger partial charge in [0, 0.05) is 31.5 Å². The molecule has 2 aliphatic heterocycles. The molecular formula is C13H17N5O3S. The highest BCUT2D eigenvalue weighted by atomic mass is 32.2. The van der Waals surface area contributed by atoms with Crippen LogP contribution in [0, 0.1) is 23.2 Å². The lowest BCUT2D eigenvalue weighted by Crippen LogP contribution is -2.33. The summed E-state index contributed by atoms with van der Waals surface area (Å²) in [4.78, 5) is 10.1. The van der Waals surface area contributed by atoms with Crippen LogP contribution < -0.4 is 9.62 Å². The summed E-state index contributed by atoms with van der Waals surface area (Å²) in [7, 11) is -3.18. The molecule has 0 unspecified atom stereocenters. The Bertz CT molecular complexity index is 685. The third-order valence-corrected chi connectivity index (χ3v) is 4.84. The third kappa shape index (κ3) is 3.19. The van der Waals surface area contributed by atoms with Gasteiger partial charge in [0.2, 0.25) is 15.8 Å². The smallest absolute Gasteiger partial charge is 0.232 e. The maximum absolute atomic E-state index is 11.2. The molecule has 1 aromatic rings. The van der Waals surface area contributed by atoms with Crippen LogP contribution in [0.3, 0.4) is 0 Å². The van der Waals surface area contributed by atoms with E-state index in [0.29, 0.717) is 13.2 Å². The van der Waals surface area contributed by atoms with Crippen LogP contribution in [-0.4, -0.2) is 57.0 Å². The molecule has 1 aromatic heterocycles. The van der Waals surface area contributed by atoms with Gasteiger partial charge in [-0.2, -0.15) is 5.26 Å². The first kappa shape index (κ1) is 15.1. The van der Waals surface area contributed by atoms with Gasteiger partial charge < -0.3 is 9.64 Å². The fourth-order valence-electron chi connectivity index (χ4n) is 3.02. The summed E-state index contributed by atoms with van der Waals surface area (Å²) >= 11 is 0. The summed E-state index contributed by atoms with van der Waals surface area (Å²) in [6.07, 6.45) is 4.53. The van der Waals surface area contributed by atoms with E-state index in [9.17, 15) is 8.42 Å². The van der Waals surface area contributed by atoms with Crippen LogP contribution >= 0.6 is 0 Å². The summed E-state index contributed by atoms with van der Waals surface area (Å²) in [6.45, 7) is 2.48. The Balaban J connectivity index is 1.65. The molecule has 2 fully saturated rings. The molecule has 118 valence electrons. The molecule has 9 heteroatoms. The van der Waals surface area contributed by atoms with Crippen molar-refractivity contribution in [3.8, 4) is 6.07 Å². The number of hydrogen-bond acceptors (Lipinski definition) is 7. The summed E-state index contributed by atoms with van der Waals surface area (Å²) in [5.74, 6) is 0.600. The summed E-state index contributed by atoms with van der Waals surface area (Å²) in [6, 6.07) is 1.89. The molecule has 8 nitrogen and oxygen atoms in total. The number of rotatable bonds is 4. The molecule has 0 spiro atoms. The molecule has 22 heavy (non-hydrogen) atoms. The van der Waals surface area contributed by atoms with Crippen molar-refractivity contribution >= 4 is 15.7 Å². The third-order valence-electron chi connectivity index (χ3n) is 4.15. The van der Waals surface area contributed by atoms with Gasteiger partial charge in [0.25, 0.3) is 0 Å². The maximum Gasteiger partial charge on any atom is 0.232 e. The number of aromatic nitrogens is 2. The van der Waals surface area contributed by atoms with Crippen LogP contribution in [0.15, 0.2) is 12.4 Å². The van der Waals surface area contributed by atoms with Gasteiger partial charge >= 0.3 is 0 Å². The topological polar surface area (TPSA) is 108 Å². The fourth-order valence-corrected chi connectivity index (χ4v) is 3.54. The van der Waals surface area contributed by atoms with E-state index in [0.717, 1.165) is 25.0 Å². The quantitative estimate of drug-likeness (QED) is 0.784. The number of ether oxygens (including phenoxy) is 1. The first-order valence-corrected chi connectivity index (χ1v) is 8.89. The highest BCUT2D eigenvalue weighted by Crippen LogP contribution is 2.35. The number of anilines is 1. The number of hydrogen-bond donors (Lipinski definition) is 1. The number of fused-ring (bicyclic) bond motifs is 1. The van der Waals surface area contributed by atoms with Gasteiger partial charge in [-0.3, -0.25) is 0 Å².